The van der Waals surface area contributed by atoms with Gasteiger partial charge >= 0.3 is 0 Å². The van der Waals surface area contributed by atoms with Gasteiger partial charge in [-0.2, -0.15) is 4.31 Å². The van der Waals surface area contributed by atoms with Crippen LogP contribution in [-0.2, 0) is 14.8 Å². The van der Waals surface area contributed by atoms with Crippen molar-refractivity contribution in [2.45, 2.75) is 11.8 Å². The number of morpholine rings is 1. The Balaban J connectivity index is 1.87. The van der Waals surface area contributed by atoms with Crippen LogP contribution in [0.1, 0.15) is 15.9 Å². The summed E-state index contributed by atoms with van der Waals surface area (Å²) in [6, 6.07) is 10.5. The summed E-state index contributed by atoms with van der Waals surface area (Å²) in [4.78, 5) is 15.4. The molecule has 0 aliphatic carbocycles. The maximum atomic E-state index is 13.0. The third-order valence-electron chi connectivity index (χ3n) is 5.16. The number of nitrogens with zero attached hydrogens (tertiary/aromatic N) is 1. The van der Waals surface area contributed by atoms with Crippen LogP contribution in [-0.4, -0.2) is 57.4 Å². The van der Waals surface area contributed by atoms with Crippen LogP contribution in [0.3, 0.4) is 0 Å². The van der Waals surface area contributed by atoms with E-state index in [1.807, 2.05) is 25.1 Å². The molecule has 0 atom stereocenters. The van der Waals surface area contributed by atoms with Crippen molar-refractivity contribution in [2.24, 2.45) is 0 Å². The van der Waals surface area contributed by atoms with Gasteiger partial charge in [-0.15, -0.1) is 0 Å². The number of sulfonamides is 1. The van der Waals surface area contributed by atoms with Crippen molar-refractivity contribution in [1.82, 2.24) is 9.29 Å². The van der Waals surface area contributed by atoms with Gasteiger partial charge in [-0.3, -0.25) is 4.79 Å². The normalized spacial score (nSPS) is 15.5. The number of H-pyrrole nitrogens is 1. The van der Waals surface area contributed by atoms with E-state index in [1.165, 1.54) is 4.31 Å². The van der Waals surface area contributed by atoms with E-state index < -0.39 is 10.0 Å². The molecule has 1 N–H and O–H groups in total. The summed E-state index contributed by atoms with van der Waals surface area (Å²) in [5, 5.41) is 0.563. The van der Waals surface area contributed by atoms with Gasteiger partial charge < -0.3 is 14.5 Å². The number of hydrogen-bond acceptors (Lipinski definition) is 5. The number of aromatic amines is 1. The van der Waals surface area contributed by atoms with Gasteiger partial charge in [0.05, 0.1) is 30.9 Å². The zero-order chi connectivity index (χ0) is 20.6. The Bertz CT molecular complexity index is 1180. The smallest absolute Gasteiger partial charge is 0.243 e. The second-order valence-electron chi connectivity index (χ2n) is 6.96. The molecule has 0 unspecified atom stereocenters. The first kappa shape index (κ1) is 19.6. The first-order valence-corrected chi connectivity index (χ1v) is 10.7. The Kier molecular flexibility index (Phi) is 5.16. The number of aldehydes is 1. The van der Waals surface area contributed by atoms with Crippen molar-refractivity contribution in [3.8, 4) is 17.0 Å². The summed E-state index contributed by atoms with van der Waals surface area (Å²) in [5.74, 6) is 0.631. The zero-order valence-electron chi connectivity index (χ0n) is 16.3. The Morgan fingerprint density at radius 3 is 2.59 bits per heavy atom. The van der Waals surface area contributed by atoms with Crippen LogP contribution < -0.4 is 4.74 Å². The van der Waals surface area contributed by atoms with Crippen LogP contribution in [0, 0.1) is 6.92 Å². The fraction of sp³-hybridized carbons (Fsp3) is 0.286. The summed E-state index contributed by atoms with van der Waals surface area (Å²) in [5.41, 5.74) is 3.47. The lowest BCUT2D eigenvalue weighted by molar-refractivity contribution is 0.0730. The molecule has 1 aliphatic heterocycles. The number of fused-ring (bicyclic) bond motifs is 1. The highest BCUT2D eigenvalue weighted by atomic mass is 32.2. The molecule has 0 bridgehead atoms. The van der Waals surface area contributed by atoms with Gasteiger partial charge in [-0.05, 0) is 37.3 Å². The third kappa shape index (κ3) is 3.43. The standard InChI is InChI=1S/C21H22N2O5S/c1-14-3-6-20(27-2)17(11-14)21-18(13-24)16-12-15(4-5-19(16)22-21)29(25,26)23-7-9-28-10-8-23/h3-6,11-13,22H,7-10H2,1-2H3. The molecule has 0 amide bonds. The lowest BCUT2D eigenvalue weighted by Crippen LogP contribution is -2.40. The Morgan fingerprint density at radius 1 is 1.14 bits per heavy atom. The Labute approximate surface area is 169 Å². The molecule has 1 saturated heterocycles. The van der Waals surface area contributed by atoms with Crippen molar-refractivity contribution in [3.63, 3.8) is 0 Å². The van der Waals surface area contributed by atoms with Gasteiger partial charge in [-0.1, -0.05) is 11.6 Å². The van der Waals surface area contributed by atoms with Crippen LogP contribution >= 0.6 is 0 Å². The molecule has 1 aliphatic rings. The lowest BCUT2D eigenvalue weighted by Gasteiger charge is -2.26. The number of ether oxygens (including phenoxy) is 2. The third-order valence-corrected chi connectivity index (χ3v) is 7.05. The van der Waals surface area contributed by atoms with Gasteiger partial charge in [-0.25, -0.2) is 8.42 Å². The molecule has 0 saturated carbocycles. The van der Waals surface area contributed by atoms with E-state index in [0.717, 1.165) is 17.4 Å². The average molecular weight is 414 g/mol. The molecule has 0 radical (unpaired) electrons. The van der Waals surface area contributed by atoms with Crippen molar-refractivity contribution in [1.29, 1.82) is 0 Å². The minimum Gasteiger partial charge on any atom is -0.496 e. The molecule has 2 aromatic carbocycles. The molecule has 29 heavy (non-hydrogen) atoms. The second kappa shape index (κ2) is 7.62. The minimum atomic E-state index is -3.65. The molecule has 1 aromatic heterocycles. The van der Waals surface area contributed by atoms with Crippen LogP contribution in [0.4, 0.5) is 0 Å². The minimum absolute atomic E-state index is 0.164. The molecule has 2 heterocycles. The summed E-state index contributed by atoms with van der Waals surface area (Å²) in [6.07, 6.45) is 0.751. The van der Waals surface area contributed by atoms with Crippen LogP contribution in [0.2, 0.25) is 0 Å². The molecular weight excluding hydrogens is 392 g/mol. The summed E-state index contributed by atoms with van der Waals surface area (Å²) >= 11 is 0. The molecule has 7 nitrogen and oxygen atoms in total. The van der Waals surface area contributed by atoms with Crippen LogP contribution in [0.25, 0.3) is 22.2 Å². The van der Waals surface area contributed by atoms with E-state index in [4.69, 9.17) is 9.47 Å². The number of aryl methyl sites for hydroxylation is 1. The first-order chi connectivity index (χ1) is 14.0. The fourth-order valence-electron chi connectivity index (χ4n) is 3.64. The van der Waals surface area contributed by atoms with Crippen LogP contribution in [0.5, 0.6) is 5.75 Å². The highest BCUT2D eigenvalue weighted by molar-refractivity contribution is 7.89. The molecule has 8 heteroatoms. The predicted octanol–water partition coefficient (Wildman–Crippen LogP) is 2.99. The Hall–Kier alpha value is -2.68. The molecule has 4 rings (SSSR count). The van der Waals surface area contributed by atoms with Crippen molar-refractivity contribution in [2.75, 3.05) is 33.4 Å². The van der Waals surface area contributed by atoms with Crippen molar-refractivity contribution < 1.29 is 22.7 Å². The number of aromatic nitrogens is 1. The quantitative estimate of drug-likeness (QED) is 0.649. The second-order valence-corrected chi connectivity index (χ2v) is 8.90. The van der Waals surface area contributed by atoms with Gasteiger partial charge in [0.2, 0.25) is 10.0 Å². The number of rotatable bonds is 5. The number of nitrogens with one attached hydrogen (secondary N) is 1. The lowest BCUT2D eigenvalue weighted by atomic mass is 10.0. The van der Waals surface area contributed by atoms with E-state index in [9.17, 15) is 13.2 Å². The summed E-state index contributed by atoms with van der Waals surface area (Å²) in [7, 11) is -2.08. The monoisotopic (exact) mass is 414 g/mol. The fourth-order valence-corrected chi connectivity index (χ4v) is 5.08. The van der Waals surface area contributed by atoms with Crippen molar-refractivity contribution in [3.05, 3.63) is 47.5 Å². The molecule has 1 fully saturated rings. The first-order valence-electron chi connectivity index (χ1n) is 9.29. The van der Waals surface area contributed by atoms with Gasteiger partial charge in [0, 0.05) is 35.1 Å². The number of hydrogen-bond donors (Lipinski definition) is 1. The molecule has 0 spiro atoms. The average Bonchev–Trinajstić information content (AvgIpc) is 3.12. The van der Waals surface area contributed by atoms with E-state index in [0.29, 0.717) is 54.2 Å². The molecule has 152 valence electrons. The van der Waals surface area contributed by atoms with Gasteiger partial charge in [0.1, 0.15) is 5.75 Å². The number of methoxy groups -OCH3 is 1. The topological polar surface area (TPSA) is 88.7 Å². The number of carbonyl (C=O) groups excluding carboxylic acids is 1. The van der Waals surface area contributed by atoms with Gasteiger partial charge in [0.15, 0.2) is 6.29 Å². The Morgan fingerprint density at radius 2 is 1.90 bits per heavy atom. The molecule has 3 aromatic rings. The van der Waals surface area contributed by atoms with E-state index >= 15 is 0 Å². The molecular formula is C21H22N2O5S. The van der Waals surface area contributed by atoms with Crippen molar-refractivity contribution >= 4 is 27.2 Å². The summed E-state index contributed by atoms with van der Waals surface area (Å²) < 4.78 is 38.1. The SMILES string of the molecule is COc1ccc(C)cc1-c1[nH]c2ccc(S(=O)(=O)N3CCOCC3)cc2c1C=O. The largest absolute Gasteiger partial charge is 0.496 e. The maximum Gasteiger partial charge on any atom is 0.243 e. The number of benzene rings is 2. The highest BCUT2D eigenvalue weighted by Gasteiger charge is 2.27. The highest BCUT2D eigenvalue weighted by Crippen LogP contribution is 2.36. The maximum absolute atomic E-state index is 13.0. The summed E-state index contributed by atoms with van der Waals surface area (Å²) in [6.45, 7) is 3.35. The van der Waals surface area contributed by atoms with Gasteiger partial charge in [0.25, 0.3) is 0 Å². The van der Waals surface area contributed by atoms with E-state index in [2.05, 4.69) is 4.98 Å². The van der Waals surface area contributed by atoms with E-state index in [1.54, 1.807) is 25.3 Å². The number of carbonyl (C=O) groups is 1. The zero-order valence-corrected chi connectivity index (χ0v) is 17.1. The predicted molar refractivity (Wildman–Crippen MR) is 110 cm³/mol. The van der Waals surface area contributed by atoms with E-state index in [-0.39, 0.29) is 4.90 Å². The van der Waals surface area contributed by atoms with Crippen LogP contribution in [0.15, 0.2) is 41.3 Å².